The lowest BCUT2D eigenvalue weighted by Crippen LogP contribution is -1.91. The predicted octanol–water partition coefficient (Wildman–Crippen LogP) is 4.45. The summed E-state index contributed by atoms with van der Waals surface area (Å²) in [4.78, 5) is 0. The average Bonchev–Trinajstić information content (AvgIpc) is 2.48. The maximum absolute atomic E-state index is 8.78. The van der Waals surface area contributed by atoms with E-state index in [1.165, 1.54) is 29.5 Å². The number of aliphatic hydroxyl groups is 1. The van der Waals surface area contributed by atoms with Crippen LogP contribution in [0.1, 0.15) is 31.2 Å². The molecule has 19 heavy (non-hydrogen) atoms. The first-order valence-electron chi connectivity index (χ1n) is 7.16. The van der Waals surface area contributed by atoms with E-state index in [1.807, 2.05) is 0 Å². The van der Waals surface area contributed by atoms with Gasteiger partial charge in [-0.05, 0) is 36.0 Å². The molecule has 100 valence electrons. The fraction of sp³-hybridized carbons (Fsp3) is 0.333. The fourth-order valence-electron chi connectivity index (χ4n) is 2.42. The number of aliphatic hydroxyl groups excluding tert-OH is 1. The van der Waals surface area contributed by atoms with Gasteiger partial charge in [-0.3, -0.25) is 0 Å². The highest BCUT2D eigenvalue weighted by molar-refractivity contribution is 5.67. The third kappa shape index (κ3) is 4.22. The van der Waals surface area contributed by atoms with Gasteiger partial charge in [0.05, 0.1) is 0 Å². The molecule has 0 bridgehead atoms. The van der Waals surface area contributed by atoms with Crippen LogP contribution >= 0.6 is 0 Å². The molecule has 0 aliphatic carbocycles. The average molecular weight is 254 g/mol. The summed E-state index contributed by atoms with van der Waals surface area (Å²) in [6, 6.07) is 19.2. The van der Waals surface area contributed by atoms with Gasteiger partial charge in [-0.2, -0.15) is 0 Å². The first kappa shape index (κ1) is 13.8. The van der Waals surface area contributed by atoms with Crippen LogP contribution in [0, 0.1) is 0 Å². The van der Waals surface area contributed by atoms with Crippen LogP contribution in [0.25, 0.3) is 11.1 Å². The van der Waals surface area contributed by atoms with Gasteiger partial charge in [-0.25, -0.2) is 0 Å². The van der Waals surface area contributed by atoms with E-state index in [4.69, 9.17) is 5.11 Å². The predicted molar refractivity (Wildman–Crippen MR) is 81.1 cm³/mol. The smallest absolute Gasteiger partial charge is 0.0431 e. The number of hydrogen-bond acceptors (Lipinski definition) is 1. The summed E-state index contributed by atoms with van der Waals surface area (Å²) in [7, 11) is 0. The zero-order valence-corrected chi connectivity index (χ0v) is 11.4. The molecular weight excluding hydrogens is 232 g/mol. The third-order valence-electron chi connectivity index (χ3n) is 3.46. The van der Waals surface area contributed by atoms with Crippen molar-refractivity contribution in [3.63, 3.8) is 0 Å². The van der Waals surface area contributed by atoms with E-state index in [9.17, 15) is 0 Å². The molecule has 2 aromatic rings. The van der Waals surface area contributed by atoms with Crippen LogP contribution < -0.4 is 0 Å². The van der Waals surface area contributed by atoms with Crippen molar-refractivity contribution in [3.8, 4) is 11.1 Å². The van der Waals surface area contributed by atoms with Crippen LogP contribution in [0.3, 0.4) is 0 Å². The molecule has 2 rings (SSSR count). The topological polar surface area (TPSA) is 20.2 Å². The van der Waals surface area contributed by atoms with Gasteiger partial charge in [0.15, 0.2) is 0 Å². The van der Waals surface area contributed by atoms with Crippen molar-refractivity contribution in [2.45, 2.75) is 32.1 Å². The van der Waals surface area contributed by atoms with Crippen LogP contribution in [-0.2, 0) is 6.42 Å². The lowest BCUT2D eigenvalue weighted by atomic mass is 9.96. The van der Waals surface area contributed by atoms with Gasteiger partial charge in [0, 0.05) is 6.61 Å². The van der Waals surface area contributed by atoms with Gasteiger partial charge in [0.1, 0.15) is 0 Å². The largest absolute Gasteiger partial charge is 0.396 e. The van der Waals surface area contributed by atoms with E-state index in [1.54, 1.807) is 0 Å². The molecule has 0 aromatic heterocycles. The Kier molecular flexibility index (Phi) is 5.64. The Morgan fingerprint density at radius 1 is 0.684 bits per heavy atom. The molecule has 2 aromatic carbocycles. The van der Waals surface area contributed by atoms with Crippen molar-refractivity contribution in [2.75, 3.05) is 6.61 Å². The monoisotopic (exact) mass is 254 g/mol. The number of rotatable bonds is 7. The van der Waals surface area contributed by atoms with Gasteiger partial charge in [0.25, 0.3) is 0 Å². The molecule has 1 N–H and O–H groups in total. The Morgan fingerprint density at radius 3 is 2.16 bits per heavy atom. The second-order valence-electron chi connectivity index (χ2n) is 4.91. The summed E-state index contributed by atoms with van der Waals surface area (Å²) in [5, 5.41) is 8.78. The first-order valence-corrected chi connectivity index (χ1v) is 7.16. The maximum atomic E-state index is 8.78. The van der Waals surface area contributed by atoms with Crippen molar-refractivity contribution in [1.82, 2.24) is 0 Å². The second kappa shape index (κ2) is 7.75. The van der Waals surface area contributed by atoms with Crippen molar-refractivity contribution >= 4 is 0 Å². The molecule has 0 saturated heterocycles. The minimum Gasteiger partial charge on any atom is -0.396 e. The molecule has 0 amide bonds. The van der Waals surface area contributed by atoms with E-state index in [0.717, 1.165) is 19.3 Å². The summed E-state index contributed by atoms with van der Waals surface area (Å²) in [5.41, 5.74) is 4.08. The molecule has 0 heterocycles. The van der Waals surface area contributed by atoms with Crippen LogP contribution in [0.4, 0.5) is 0 Å². The van der Waals surface area contributed by atoms with Gasteiger partial charge in [-0.15, -0.1) is 0 Å². The number of hydrogen-bond donors (Lipinski definition) is 1. The summed E-state index contributed by atoms with van der Waals surface area (Å²) in [5.74, 6) is 0. The summed E-state index contributed by atoms with van der Waals surface area (Å²) < 4.78 is 0. The fourth-order valence-corrected chi connectivity index (χ4v) is 2.42. The SMILES string of the molecule is OCCCCCCc1ccccc1-c1ccccc1. The Labute approximate surface area is 115 Å². The van der Waals surface area contributed by atoms with Crippen molar-refractivity contribution < 1.29 is 5.11 Å². The summed E-state index contributed by atoms with van der Waals surface area (Å²) in [6.45, 7) is 0.320. The number of unbranched alkanes of at least 4 members (excludes halogenated alkanes) is 3. The van der Waals surface area contributed by atoms with Gasteiger partial charge < -0.3 is 5.11 Å². The lowest BCUT2D eigenvalue weighted by molar-refractivity contribution is 0.282. The van der Waals surface area contributed by atoms with E-state index in [-0.39, 0.29) is 0 Å². The molecule has 1 nitrogen and oxygen atoms in total. The van der Waals surface area contributed by atoms with E-state index in [2.05, 4.69) is 54.6 Å². The Morgan fingerprint density at radius 2 is 1.37 bits per heavy atom. The molecule has 0 aliphatic heterocycles. The van der Waals surface area contributed by atoms with Gasteiger partial charge >= 0.3 is 0 Å². The van der Waals surface area contributed by atoms with E-state index in [0.29, 0.717) is 6.61 Å². The molecule has 1 heteroatoms. The quantitative estimate of drug-likeness (QED) is 0.724. The zero-order valence-electron chi connectivity index (χ0n) is 11.4. The lowest BCUT2D eigenvalue weighted by Gasteiger charge is -2.09. The van der Waals surface area contributed by atoms with E-state index >= 15 is 0 Å². The Bertz CT molecular complexity index is 476. The molecule has 0 saturated carbocycles. The van der Waals surface area contributed by atoms with Gasteiger partial charge in [-0.1, -0.05) is 67.4 Å². The second-order valence-corrected chi connectivity index (χ2v) is 4.91. The normalized spacial score (nSPS) is 10.6. The minimum atomic E-state index is 0.320. The summed E-state index contributed by atoms with van der Waals surface area (Å²) in [6.07, 6.45) is 5.58. The third-order valence-corrected chi connectivity index (χ3v) is 3.46. The Hall–Kier alpha value is -1.60. The first-order chi connectivity index (χ1) is 9.42. The van der Waals surface area contributed by atoms with Crippen LogP contribution in [-0.4, -0.2) is 11.7 Å². The van der Waals surface area contributed by atoms with Crippen LogP contribution in [0.5, 0.6) is 0 Å². The molecule has 0 atom stereocenters. The highest BCUT2D eigenvalue weighted by Crippen LogP contribution is 2.24. The standard InChI is InChI=1S/C18H22O/c19-15-9-2-1-4-10-17-13-7-8-14-18(17)16-11-5-3-6-12-16/h3,5-8,11-14,19H,1-2,4,9-10,15H2. The van der Waals surface area contributed by atoms with Gasteiger partial charge in [0.2, 0.25) is 0 Å². The van der Waals surface area contributed by atoms with E-state index < -0.39 is 0 Å². The van der Waals surface area contributed by atoms with Crippen molar-refractivity contribution in [1.29, 1.82) is 0 Å². The molecule has 0 unspecified atom stereocenters. The Balaban J connectivity index is 2.01. The minimum absolute atomic E-state index is 0.320. The molecular formula is C18H22O. The highest BCUT2D eigenvalue weighted by atomic mass is 16.2. The zero-order chi connectivity index (χ0) is 13.3. The molecule has 0 fully saturated rings. The molecule has 0 spiro atoms. The van der Waals surface area contributed by atoms with Crippen molar-refractivity contribution in [2.24, 2.45) is 0 Å². The van der Waals surface area contributed by atoms with Crippen molar-refractivity contribution in [3.05, 3.63) is 60.2 Å². The number of benzene rings is 2. The number of aryl methyl sites for hydroxylation is 1. The maximum Gasteiger partial charge on any atom is 0.0431 e. The summed E-state index contributed by atoms with van der Waals surface area (Å²) >= 11 is 0. The highest BCUT2D eigenvalue weighted by Gasteiger charge is 2.03. The van der Waals surface area contributed by atoms with Crippen LogP contribution in [0.15, 0.2) is 54.6 Å². The van der Waals surface area contributed by atoms with Crippen LogP contribution in [0.2, 0.25) is 0 Å². The molecule has 0 aliphatic rings. The molecule has 0 radical (unpaired) electrons.